The molecule has 0 saturated carbocycles. The van der Waals surface area contributed by atoms with E-state index < -0.39 is 0 Å². The first-order chi connectivity index (χ1) is 7.66. The summed E-state index contributed by atoms with van der Waals surface area (Å²) in [6.45, 7) is 4.08. The van der Waals surface area contributed by atoms with Gasteiger partial charge >= 0.3 is 0 Å². The average Bonchev–Trinajstić information content (AvgIpc) is 2.78. The number of nitrogens with zero attached hydrogens (tertiary/aromatic N) is 1. The topological polar surface area (TPSA) is 23.5 Å². The van der Waals surface area contributed by atoms with Crippen LogP contribution < -0.4 is 0 Å². The second-order valence-corrected chi connectivity index (χ2v) is 6.40. The number of rotatable bonds is 4. The molecule has 0 spiro atoms. The van der Waals surface area contributed by atoms with Crippen molar-refractivity contribution in [3.05, 3.63) is 20.8 Å². The molecule has 1 saturated heterocycles. The van der Waals surface area contributed by atoms with Gasteiger partial charge in [0.1, 0.15) is 0 Å². The van der Waals surface area contributed by atoms with Gasteiger partial charge in [0.2, 0.25) is 0 Å². The van der Waals surface area contributed by atoms with Crippen molar-refractivity contribution in [3.8, 4) is 0 Å². The summed E-state index contributed by atoms with van der Waals surface area (Å²) in [5.41, 5.74) is 0. The molecule has 2 nitrogen and oxygen atoms in total. The molecule has 2 atom stereocenters. The lowest BCUT2D eigenvalue weighted by Crippen LogP contribution is -2.31. The van der Waals surface area contributed by atoms with Crippen molar-refractivity contribution in [2.24, 2.45) is 0 Å². The molecule has 0 amide bonds. The van der Waals surface area contributed by atoms with Gasteiger partial charge < -0.3 is 5.11 Å². The van der Waals surface area contributed by atoms with Gasteiger partial charge in [-0.3, -0.25) is 4.90 Å². The second kappa shape index (κ2) is 5.63. The first-order valence-corrected chi connectivity index (χ1v) is 7.48. The van der Waals surface area contributed by atoms with Crippen molar-refractivity contribution in [1.29, 1.82) is 0 Å². The van der Waals surface area contributed by atoms with Crippen LogP contribution >= 0.6 is 27.3 Å². The molecular weight excluding hydrogens is 286 g/mol. The van der Waals surface area contributed by atoms with E-state index >= 15 is 0 Å². The molecule has 2 heterocycles. The molecule has 4 heteroatoms. The van der Waals surface area contributed by atoms with Gasteiger partial charge in [-0.1, -0.05) is 0 Å². The van der Waals surface area contributed by atoms with Gasteiger partial charge in [-0.05, 0) is 60.1 Å². The Labute approximate surface area is 109 Å². The van der Waals surface area contributed by atoms with Crippen LogP contribution in [-0.2, 0) is 6.54 Å². The molecular formula is C12H18BrNOS. The van der Waals surface area contributed by atoms with E-state index in [1.807, 2.05) is 6.92 Å². The number of likely N-dealkylation sites (tertiary alicyclic amines) is 1. The van der Waals surface area contributed by atoms with Gasteiger partial charge in [0.25, 0.3) is 0 Å². The molecule has 0 radical (unpaired) electrons. The Morgan fingerprint density at radius 2 is 2.50 bits per heavy atom. The number of aliphatic hydroxyl groups is 1. The SMILES string of the molecule is CC(O)CC1CCCN1Cc1sccc1Br. The van der Waals surface area contributed by atoms with Crippen LogP contribution in [0.4, 0.5) is 0 Å². The third kappa shape index (κ3) is 3.06. The maximum absolute atomic E-state index is 9.48. The molecule has 16 heavy (non-hydrogen) atoms. The minimum Gasteiger partial charge on any atom is -0.393 e. The smallest absolute Gasteiger partial charge is 0.0527 e. The predicted molar refractivity (Wildman–Crippen MR) is 71.7 cm³/mol. The molecule has 1 fully saturated rings. The summed E-state index contributed by atoms with van der Waals surface area (Å²) in [4.78, 5) is 3.90. The van der Waals surface area contributed by atoms with Crippen molar-refractivity contribution in [1.82, 2.24) is 4.90 Å². The Hall–Kier alpha value is 0.100. The summed E-state index contributed by atoms with van der Waals surface area (Å²) in [5, 5.41) is 11.6. The van der Waals surface area contributed by atoms with Crippen LogP contribution in [0, 0.1) is 0 Å². The lowest BCUT2D eigenvalue weighted by Gasteiger charge is -2.25. The Morgan fingerprint density at radius 1 is 1.69 bits per heavy atom. The van der Waals surface area contributed by atoms with Crippen molar-refractivity contribution < 1.29 is 5.11 Å². The maximum Gasteiger partial charge on any atom is 0.0527 e. The fraction of sp³-hybridized carbons (Fsp3) is 0.667. The summed E-state index contributed by atoms with van der Waals surface area (Å²) in [5.74, 6) is 0. The summed E-state index contributed by atoms with van der Waals surface area (Å²) in [6, 6.07) is 2.67. The minimum absolute atomic E-state index is 0.183. The average molecular weight is 304 g/mol. The van der Waals surface area contributed by atoms with E-state index in [0.717, 1.165) is 13.0 Å². The molecule has 1 aromatic heterocycles. The van der Waals surface area contributed by atoms with E-state index in [4.69, 9.17) is 0 Å². The molecule has 2 unspecified atom stereocenters. The van der Waals surface area contributed by atoms with Crippen LogP contribution in [0.3, 0.4) is 0 Å². The zero-order valence-corrected chi connectivity index (χ0v) is 11.9. The lowest BCUT2D eigenvalue weighted by molar-refractivity contribution is 0.131. The largest absolute Gasteiger partial charge is 0.393 e. The summed E-state index contributed by atoms with van der Waals surface area (Å²) >= 11 is 5.38. The zero-order valence-electron chi connectivity index (χ0n) is 9.53. The molecule has 0 aromatic carbocycles. The van der Waals surface area contributed by atoms with Crippen molar-refractivity contribution in [3.63, 3.8) is 0 Å². The van der Waals surface area contributed by atoms with E-state index in [1.54, 1.807) is 11.3 Å². The molecule has 1 N–H and O–H groups in total. The molecule has 1 aromatic rings. The number of aliphatic hydroxyl groups excluding tert-OH is 1. The third-order valence-corrected chi connectivity index (χ3v) is 5.06. The maximum atomic E-state index is 9.48. The van der Waals surface area contributed by atoms with Crippen molar-refractivity contribution in [2.75, 3.05) is 6.54 Å². The molecule has 0 aliphatic carbocycles. The van der Waals surface area contributed by atoms with Gasteiger partial charge in [0.05, 0.1) is 6.10 Å². The van der Waals surface area contributed by atoms with Crippen LogP contribution in [0.2, 0.25) is 0 Å². The highest BCUT2D eigenvalue weighted by molar-refractivity contribution is 9.10. The number of halogens is 1. The van der Waals surface area contributed by atoms with Gasteiger partial charge in [0.15, 0.2) is 0 Å². The summed E-state index contributed by atoms with van der Waals surface area (Å²) < 4.78 is 1.22. The zero-order chi connectivity index (χ0) is 11.5. The van der Waals surface area contributed by atoms with Crippen molar-refractivity contribution >= 4 is 27.3 Å². The Balaban J connectivity index is 1.96. The summed E-state index contributed by atoms with van der Waals surface area (Å²) in [6.07, 6.45) is 3.22. The van der Waals surface area contributed by atoms with E-state index in [-0.39, 0.29) is 6.10 Å². The third-order valence-electron chi connectivity index (χ3n) is 3.15. The number of hydrogen-bond donors (Lipinski definition) is 1. The molecule has 1 aliphatic rings. The van der Waals surface area contributed by atoms with Crippen LogP contribution in [0.15, 0.2) is 15.9 Å². The Kier molecular flexibility index (Phi) is 4.41. The van der Waals surface area contributed by atoms with Crippen LogP contribution in [0.1, 0.15) is 31.1 Å². The van der Waals surface area contributed by atoms with Gasteiger partial charge in [0, 0.05) is 21.9 Å². The summed E-state index contributed by atoms with van der Waals surface area (Å²) in [7, 11) is 0. The Bertz CT molecular complexity index is 340. The number of thiophene rings is 1. The second-order valence-electron chi connectivity index (χ2n) is 4.54. The van der Waals surface area contributed by atoms with E-state index in [2.05, 4.69) is 32.3 Å². The first-order valence-electron chi connectivity index (χ1n) is 5.81. The molecule has 0 bridgehead atoms. The first kappa shape index (κ1) is 12.6. The lowest BCUT2D eigenvalue weighted by atomic mass is 10.1. The van der Waals surface area contributed by atoms with Crippen LogP contribution in [0.5, 0.6) is 0 Å². The van der Waals surface area contributed by atoms with Gasteiger partial charge in [-0.15, -0.1) is 11.3 Å². The van der Waals surface area contributed by atoms with Crippen LogP contribution in [0.25, 0.3) is 0 Å². The quantitative estimate of drug-likeness (QED) is 0.923. The normalized spacial score (nSPS) is 23.8. The van der Waals surface area contributed by atoms with Gasteiger partial charge in [-0.25, -0.2) is 0 Å². The van der Waals surface area contributed by atoms with Crippen LogP contribution in [-0.4, -0.2) is 28.7 Å². The molecule has 90 valence electrons. The Morgan fingerprint density at radius 3 is 3.12 bits per heavy atom. The monoisotopic (exact) mass is 303 g/mol. The highest BCUT2D eigenvalue weighted by atomic mass is 79.9. The molecule has 2 rings (SSSR count). The highest BCUT2D eigenvalue weighted by Gasteiger charge is 2.26. The van der Waals surface area contributed by atoms with Gasteiger partial charge in [-0.2, -0.15) is 0 Å². The fourth-order valence-electron chi connectivity index (χ4n) is 2.39. The minimum atomic E-state index is -0.183. The van der Waals surface area contributed by atoms with E-state index in [0.29, 0.717) is 6.04 Å². The highest BCUT2D eigenvalue weighted by Crippen LogP contribution is 2.29. The number of hydrogen-bond acceptors (Lipinski definition) is 3. The predicted octanol–water partition coefficient (Wildman–Crippen LogP) is 3.25. The van der Waals surface area contributed by atoms with E-state index in [9.17, 15) is 5.11 Å². The van der Waals surface area contributed by atoms with E-state index in [1.165, 1.54) is 28.7 Å². The standard InChI is InChI=1S/C12H18BrNOS/c1-9(15)7-10-3-2-5-14(10)8-12-11(13)4-6-16-12/h4,6,9-10,15H,2-3,5,7-8H2,1H3. The van der Waals surface area contributed by atoms with Crippen molar-refractivity contribution in [2.45, 2.75) is 44.9 Å². The fourth-order valence-corrected chi connectivity index (χ4v) is 3.89. The molecule has 1 aliphatic heterocycles.